The van der Waals surface area contributed by atoms with Crippen molar-refractivity contribution < 1.29 is 9.59 Å². The second-order valence-electron chi connectivity index (χ2n) is 4.08. The van der Waals surface area contributed by atoms with Crippen molar-refractivity contribution in [1.29, 1.82) is 0 Å². The summed E-state index contributed by atoms with van der Waals surface area (Å²) < 4.78 is 0. The van der Waals surface area contributed by atoms with E-state index in [1.807, 2.05) is 0 Å². The second-order valence-corrected chi connectivity index (χ2v) is 4.08. The molecular formula is C11H14N4O2. The van der Waals surface area contributed by atoms with Gasteiger partial charge < -0.3 is 5.43 Å². The highest BCUT2D eigenvalue weighted by atomic mass is 16.2. The molecule has 6 nitrogen and oxygen atoms in total. The fourth-order valence-electron chi connectivity index (χ4n) is 1.82. The fourth-order valence-corrected chi connectivity index (χ4v) is 1.82. The molecule has 6 heteroatoms. The van der Waals surface area contributed by atoms with Gasteiger partial charge in [-0.05, 0) is 12.1 Å². The Morgan fingerprint density at radius 2 is 2.29 bits per heavy atom. The quantitative estimate of drug-likeness (QED) is 0.445. The molecule has 1 unspecified atom stereocenters. The van der Waals surface area contributed by atoms with Gasteiger partial charge in [0.05, 0.1) is 12.2 Å². The number of carbonyl (C=O) groups excluding carboxylic acids is 2. The van der Waals surface area contributed by atoms with E-state index in [9.17, 15) is 9.59 Å². The van der Waals surface area contributed by atoms with E-state index in [1.54, 1.807) is 25.1 Å². The Labute approximate surface area is 98.8 Å². The average Bonchev–Trinajstić information content (AvgIpc) is 2.56. The van der Waals surface area contributed by atoms with Crippen LogP contribution in [-0.2, 0) is 16.1 Å². The van der Waals surface area contributed by atoms with Gasteiger partial charge in [0, 0.05) is 12.3 Å². The third kappa shape index (κ3) is 2.26. The van der Waals surface area contributed by atoms with Crippen molar-refractivity contribution in [1.82, 2.24) is 9.88 Å². The number of likely N-dealkylation sites (tertiary alicyclic amines) is 1. The molecule has 3 N–H and O–H groups in total. The number of rotatable bonds is 3. The lowest BCUT2D eigenvalue weighted by Crippen LogP contribution is -2.30. The topological polar surface area (TPSA) is 88.3 Å². The van der Waals surface area contributed by atoms with Crippen LogP contribution < -0.4 is 11.3 Å². The van der Waals surface area contributed by atoms with E-state index >= 15 is 0 Å². The lowest BCUT2D eigenvalue weighted by Gasteiger charge is -2.14. The van der Waals surface area contributed by atoms with E-state index in [0.29, 0.717) is 11.5 Å². The number of imide groups is 1. The number of nitrogens with zero attached hydrogens (tertiary/aromatic N) is 2. The van der Waals surface area contributed by atoms with E-state index in [-0.39, 0.29) is 30.7 Å². The van der Waals surface area contributed by atoms with E-state index in [4.69, 9.17) is 5.84 Å². The molecule has 1 aromatic rings. The molecular weight excluding hydrogens is 220 g/mol. The number of hydrogen-bond donors (Lipinski definition) is 2. The third-order valence-corrected chi connectivity index (χ3v) is 2.74. The van der Waals surface area contributed by atoms with Crippen LogP contribution in [0.25, 0.3) is 0 Å². The Hall–Kier alpha value is -1.95. The van der Waals surface area contributed by atoms with Crippen LogP contribution in [0.15, 0.2) is 18.2 Å². The lowest BCUT2D eigenvalue weighted by molar-refractivity contribution is -0.139. The Bertz CT molecular complexity index is 461. The standard InChI is InChI=1S/C11H14N4O2/c1-7-5-10(16)15(11(7)17)6-8-3-2-4-9(13-8)14-12/h2-4,7H,5-6,12H2,1H3,(H,13,14). The number of anilines is 1. The van der Waals surface area contributed by atoms with Gasteiger partial charge in [0.2, 0.25) is 11.8 Å². The molecule has 2 amide bonds. The van der Waals surface area contributed by atoms with Crippen molar-refractivity contribution in [2.45, 2.75) is 19.9 Å². The summed E-state index contributed by atoms with van der Waals surface area (Å²) in [4.78, 5) is 28.7. The zero-order chi connectivity index (χ0) is 12.4. The zero-order valence-electron chi connectivity index (χ0n) is 9.51. The number of carbonyl (C=O) groups is 2. The van der Waals surface area contributed by atoms with Crippen LogP contribution in [0.3, 0.4) is 0 Å². The highest BCUT2D eigenvalue weighted by Gasteiger charge is 2.35. The van der Waals surface area contributed by atoms with E-state index < -0.39 is 0 Å². The maximum atomic E-state index is 11.7. The summed E-state index contributed by atoms with van der Waals surface area (Å²) in [5.41, 5.74) is 3.06. The monoisotopic (exact) mass is 234 g/mol. The number of nitrogen functional groups attached to an aromatic ring is 1. The molecule has 0 aromatic carbocycles. The van der Waals surface area contributed by atoms with Crippen molar-refractivity contribution in [3.05, 3.63) is 23.9 Å². The Balaban J connectivity index is 2.15. The molecule has 1 saturated heterocycles. The van der Waals surface area contributed by atoms with Gasteiger partial charge in [-0.3, -0.25) is 14.5 Å². The predicted molar refractivity (Wildman–Crippen MR) is 61.4 cm³/mol. The minimum atomic E-state index is -0.224. The van der Waals surface area contributed by atoms with E-state index in [1.165, 1.54) is 4.90 Å². The molecule has 1 atom stereocenters. The van der Waals surface area contributed by atoms with Gasteiger partial charge >= 0.3 is 0 Å². The van der Waals surface area contributed by atoms with Crippen molar-refractivity contribution in [2.75, 3.05) is 5.43 Å². The number of amides is 2. The van der Waals surface area contributed by atoms with Crippen LogP contribution in [0.2, 0.25) is 0 Å². The lowest BCUT2D eigenvalue weighted by atomic mass is 10.1. The van der Waals surface area contributed by atoms with Crippen LogP contribution in [0, 0.1) is 5.92 Å². The van der Waals surface area contributed by atoms with Crippen molar-refractivity contribution >= 4 is 17.6 Å². The first-order valence-electron chi connectivity index (χ1n) is 5.38. The highest BCUT2D eigenvalue weighted by Crippen LogP contribution is 2.20. The summed E-state index contributed by atoms with van der Waals surface area (Å²) in [5.74, 6) is 5.25. The fraction of sp³-hybridized carbons (Fsp3) is 0.364. The van der Waals surface area contributed by atoms with Gasteiger partial charge in [0.1, 0.15) is 5.82 Å². The van der Waals surface area contributed by atoms with Crippen molar-refractivity contribution in [3.63, 3.8) is 0 Å². The first-order valence-corrected chi connectivity index (χ1v) is 5.38. The minimum Gasteiger partial charge on any atom is -0.308 e. The molecule has 1 aliphatic heterocycles. The van der Waals surface area contributed by atoms with Crippen LogP contribution in [0.1, 0.15) is 19.0 Å². The van der Waals surface area contributed by atoms with Crippen molar-refractivity contribution in [2.24, 2.45) is 11.8 Å². The summed E-state index contributed by atoms with van der Waals surface area (Å²) in [6.07, 6.45) is 0.285. The average molecular weight is 234 g/mol. The molecule has 0 bridgehead atoms. The van der Waals surface area contributed by atoms with Crippen LogP contribution >= 0.6 is 0 Å². The Morgan fingerprint density at radius 3 is 2.88 bits per heavy atom. The van der Waals surface area contributed by atoms with E-state index in [0.717, 1.165) is 0 Å². The SMILES string of the molecule is CC1CC(=O)N(Cc2cccc(NN)n2)C1=O. The molecule has 0 aliphatic carbocycles. The second kappa shape index (κ2) is 4.50. The maximum absolute atomic E-state index is 11.7. The maximum Gasteiger partial charge on any atom is 0.232 e. The third-order valence-electron chi connectivity index (χ3n) is 2.74. The smallest absolute Gasteiger partial charge is 0.232 e. The van der Waals surface area contributed by atoms with Gasteiger partial charge in [-0.1, -0.05) is 13.0 Å². The first kappa shape index (κ1) is 11.5. The molecule has 0 spiro atoms. The van der Waals surface area contributed by atoms with Gasteiger partial charge in [-0.2, -0.15) is 0 Å². The van der Waals surface area contributed by atoms with Crippen LogP contribution in [-0.4, -0.2) is 21.7 Å². The zero-order valence-corrected chi connectivity index (χ0v) is 9.51. The summed E-state index contributed by atoms with van der Waals surface area (Å²) in [7, 11) is 0. The molecule has 0 radical (unpaired) electrons. The number of hydrogen-bond acceptors (Lipinski definition) is 5. The Kier molecular flexibility index (Phi) is 3.06. The van der Waals surface area contributed by atoms with Crippen LogP contribution in [0.5, 0.6) is 0 Å². The summed E-state index contributed by atoms with van der Waals surface area (Å²) in [6.45, 7) is 1.96. The van der Waals surface area contributed by atoms with E-state index in [2.05, 4.69) is 10.4 Å². The molecule has 0 saturated carbocycles. The number of nitrogens with one attached hydrogen (secondary N) is 1. The molecule has 17 heavy (non-hydrogen) atoms. The summed E-state index contributed by atoms with van der Waals surface area (Å²) in [5, 5.41) is 0. The normalized spacial score (nSPS) is 19.9. The summed E-state index contributed by atoms with van der Waals surface area (Å²) in [6, 6.07) is 5.23. The summed E-state index contributed by atoms with van der Waals surface area (Å²) >= 11 is 0. The van der Waals surface area contributed by atoms with Gasteiger partial charge in [0.25, 0.3) is 0 Å². The molecule has 2 heterocycles. The Morgan fingerprint density at radius 1 is 1.53 bits per heavy atom. The number of pyridine rings is 1. The van der Waals surface area contributed by atoms with Crippen molar-refractivity contribution in [3.8, 4) is 0 Å². The molecule has 90 valence electrons. The largest absolute Gasteiger partial charge is 0.308 e. The van der Waals surface area contributed by atoms with Gasteiger partial charge in [0.15, 0.2) is 0 Å². The van der Waals surface area contributed by atoms with Gasteiger partial charge in [-0.25, -0.2) is 10.8 Å². The molecule has 1 fully saturated rings. The predicted octanol–water partition coefficient (Wildman–Crippen LogP) is 0.262. The minimum absolute atomic E-state index is 0.136. The highest BCUT2D eigenvalue weighted by molar-refractivity contribution is 6.03. The number of hydrazine groups is 1. The van der Waals surface area contributed by atoms with Gasteiger partial charge in [-0.15, -0.1) is 0 Å². The van der Waals surface area contributed by atoms with Crippen LogP contribution in [0.4, 0.5) is 5.82 Å². The molecule has 1 aromatic heterocycles. The first-order chi connectivity index (χ1) is 8.11. The number of nitrogens with two attached hydrogens (primary N) is 1. The molecule has 1 aliphatic rings. The number of aromatic nitrogens is 1. The molecule has 2 rings (SSSR count).